The monoisotopic (exact) mass is 294 g/mol. The van der Waals surface area contributed by atoms with Crippen LogP contribution < -0.4 is 16.0 Å². The molecule has 2 amide bonds. The number of hydrogen-bond acceptors (Lipinski definition) is 4. The molecule has 1 fully saturated rings. The molecule has 106 valence electrons. The molecule has 2 rings (SSSR count). The van der Waals surface area contributed by atoms with Crippen molar-refractivity contribution in [3.63, 3.8) is 0 Å². The molecule has 0 aromatic carbocycles. The number of nitrogens with two attached hydrogens (primary N) is 1. The summed E-state index contributed by atoms with van der Waals surface area (Å²) >= 11 is 5.87. The number of aromatic nitrogens is 1. The Balaban J connectivity index is 2.17. The number of primary amides is 1. The molecule has 0 unspecified atom stereocenters. The lowest BCUT2D eigenvalue weighted by Crippen LogP contribution is -2.36. The summed E-state index contributed by atoms with van der Waals surface area (Å²) in [6.45, 7) is 4.62. The molecule has 1 atom stereocenters. The van der Waals surface area contributed by atoms with Crippen LogP contribution in [-0.2, 0) is 4.79 Å². The van der Waals surface area contributed by atoms with Gasteiger partial charge in [-0.15, -0.1) is 0 Å². The van der Waals surface area contributed by atoms with Crippen molar-refractivity contribution < 1.29 is 9.59 Å². The number of hydrogen-bond donors (Lipinski definition) is 2. The van der Waals surface area contributed by atoms with Gasteiger partial charge in [-0.05, 0) is 24.6 Å². The summed E-state index contributed by atoms with van der Waals surface area (Å²) in [6.07, 6.45) is 1.99. The number of rotatable bonds is 4. The minimum atomic E-state index is -0.553. The number of pyridine rings is 1. The summed E-state index contributed by atoms with van der Waals surface area (Å²) in [5, 5.41) is 3.11. The second-order valence-corrected chi connectivity index (χ2v) is 4.90. The van der Waals surface area contributed by atoms with Gasteiger partial charge in [-0.3, -0.25) is 9.59 Å². The Morgan fingerprint density at radius 1 is 1.55 bits per heavy atom. The van der Waals surface area contributed by atoms with Gasteiger partial charge in [-0.2, -0.15) is 0 Å². The number of amides is 2. The minimum absolute atomic E-state index is 0.0120. The number of nitrogens with zero attached hydrogens (tertiary/aromatic N) is 2. The van der Waals surface area contributed by atoms with Crippen LogP contribution in [0.1, 0.15) is 16.8 Å². The van der Waals surface area contributed by atoms with Crippen LogP contribution in [0.15, 0.2) is 24.8 Å². The predicted octanol–water partition coefficient (Wildman–Crippen LogP) is 0.715. The molecule has 0 aliphatic carbocycles. The molecule has 1 aliphatic rings. The number of anilines is 1. The van der Waals surface area contributed by atoms with Crippen LogP contribution in [0, 0.1) is 0 Å². The van der Waals surface area contributed by atoms with Gasteiger partial charge in [-0.25, -0.2) is 4.98 Å². The number of carbonyl (C=O) groups excluding carboxylic acids is 2. The molecule has 0 spiro atoms. The van der Waals surface area contributed by atoms with Crippen LogP contribution >= 0.6 is 11.6 Å². The lowest BCUT2D eigenvalue weighted by molar-refractivity contribution is -0.117. The smallest absolute Gasteiger partial charge is 0.252 e. The minimum Gasteiger partial charge on any atom is -0.365 e. The van der Waals surface area contributed by atoms with Crippen LogP contribution in [0.25, 0.3) is 0 Å². The van der Waals surface area contributed by atoms with Crippen molar-refractivity contribution >= 4 is 29.2 Å². The van der Waals surface area contributed by atoms with E-state index in [9.17, 15) is 9.59 Å². The standard InChI is InChI=1S/C13H15ClN4O2/c1-2-11(19)16-8-5-6-18(7-8)13-9(12(15)20)3-4-10(14)17-13/h2-4,8H,1,5-7H2,(H2,15,20)(H,16,19)/t8-/m0/s1. The molecule has 20 heavy (non-hydrogen) atoms. The molecule has 0 bridgehead atoms. The highest BCUT2D eigenvalue weighted by Gasteiger charge is 2.27. The third kappa shape index (κ3) is 3.08. The summed E-state index contributed by atoms with van der Waals surface area (Å²) in [5.41, 5.74) is 5.66. The topological polar surface area (TPSA) is 88.3 Å². The van der Waals surface area contributed by atoms with Gasteiger partial charge in [-0.1, -0.05) is 18.2 Å². The fourth-order valence-electron chi connectivity index (χ4n) is 2.19. The Bertz CT molecular complexity index is 561. The van der Waals surface area contributed by atoms with E-state index in [1.807, 2.05) is 4.90 Å². The maximum absolute atomic E-state index is 11.4. The van der Waals surface area contributed by atoms with E-state index in [0.717, 1.165) is 6.42 Å². The Kier molecular flexibility index (Phi) is 4.24. The number of nitrogens with one attached hydrogen (secondary N) is 1. The molecule has 0 saturated carbocycles. The zero-order valence-electron chi connectivity index (χ0n) is 10.8. The molecular weight excluding hydrogens is 280 g/mol. The summed E-state index contributed by atoms with van der Waals surface area (Å²) in [7, 11) is 0. The van der Waals surface area contributed by atoms with Gasteiger partial charge < -0.3 is 16.0 Å². The Labute approximate surface area is 121 Å². The van der Waals surface area contributed by atoms with Gasteiger partial charge >= 0.3 is 0 Å². The van der Waals surface area contributed by atoms with Crippen molar-refractivity contribution in [2.45, 2.75) is 12.5 Å². The summed E-state index contributed by atoms with van der Waals surface area (Å²) in [5.74, 6) is -0.311. The highest BCUT2D eigenvalue weighted by Crippen LogP contribution is 2.24. The second kappa shape index (κ2) is 5.92. The average Bonchev–Trinajstić information content (AvgIpc) is 2.86. The molecule has 1 aromatic heterocycles. The van der Waals surface area contributed by atoms with Gasteiger partial charge in [0.15, 0.2) is 0 Å². The molecular formula is C13H15ClN4O2. The molecule has 6 nitrogen and oxygen atoms in total. The lowest BCUT2D eigenvalue weighted by atomic mass is 10.2. The zero-order valence-corrected chi connectivity index (χ0v) is 11.6. The summed E-state index contributed by atoms with van der Waals surface area (Å²) < 4.78 is 0. The van der Waals surface area contributed by atoms with Crippen molar-refractivity contribution in [1.82, 2.24) is 10.3 Å². The molecule has 3 N–H and O–H groups in total. The van der Waals surface area contributed by atoms with Crippen LogP contribution in [0.4, 0.5) is 5.82 Å². The first kappa shape index (κ1) is 14.3. The van der Waals surface area contributed by atoms with Gasteiger partial charge in [0, 0.05) is 19.1 Å². The highest BCUT2D eigenvalue weighted by molar-refractivity contribution is 6.29. The van der Waals surface area contributed by atoms with Crippen molar-refractivity contribution in [3.05, 3.63) is 35.5 Å². The fraction of sp³-hybridized carbons (Fsp3) is 0.308. The van der Waals surface area contributed by atoms with E-state index in [2.05, 4.69) is 16.9 Å². The van der Waals surface area contributed by atoms with Crippen LogP contribution in [0.2, 0.25) is 5.15 Å². The van der Waals surface area contributed by atoms with Gasteiger partial charge in [0.25, 0.3) is 5.91 Å². The Hall–Kier alpha value is -2.08. The summed E-state index contributed by atoms with van der Waals surface area (Å²) in [6, 6.07) is 3.07. The van der Waals surface area contributed by atoms with Crippen LogP contribution in [0.3, 0.4) is 0 Å². The zero-order chi connectivity index (χ0) is 14.7. The van der Waals surface area contributed by atoms with Gasteiger partial charge in [0.2, 0.25) is 5.91 Å². The lowest BCUT2D eigenvalue weighted by Gasteiger charge is -2.20. The third-order valence-electron chi connectivity index (χ3n) is 3.13. The molecule has 1 aromatic rings. The van der Waals surface area contributed by atoms with Gasteiger partial charge in [0.1, 0.15) is 11.0 Å². The van der Waals surface area contributed by atoms with Crippen molar-refractivity contribution in [2.24, 2.45) is 5.73 Å². The SMILES string of the molecule is C=CC(=O)N[C@H]1CCN(c2nc(Cl)ccc2C(N)=O)C1. The molecule has 0 radical (unpaired) electrons. The predicted molar refractivity (Wildman–Crippen MR) is 76.7 cm³/mol. The maximum Gasteiger partial charge on any atom is 0.252 e. The van der Waals surface area contributed by atoms with E-state index < -0.39 is 5.91 Å². The van der Waals surface area contributed by atoms with Crippen LogP contribution in [-0.4, -0.2) is 35.9 Å². The molecule has 1 aliphatic heterocycles. The first-order chi connectivity index (χ1) is 9.51. The first-order valence-electron chi connectivity index (χ1n) is 6.15. The first-order valence-corrected chi connectivity index (χ1v) is 6.53. The van der Waals surface area contributed by atoms with Crippen molar-refractivity contribution in [1.29, 1.82) is 0 Å². The Morgan fingerprint density at radius 3 is 2.95 bits per heavy atom. The fourth-order valence-corrected chi connectivity index (χ4v) is 2.33. The van der Waals surface area contributed by atoms with Gasteiger partial charge in [0.05, 0.1) is 5.56 Å². The Morgan fingerprint density at radius 2 is 2.30 bits per heavy atom. The largest absolute Gasteiger partial charge is 0.365 e. The van der Waals surface area contributed by atoms with Crippen molar-refractivity contribution in [2.75, 3.05) is 18.0 Å². The quantitative estimate of drug-likeness (QED) is 0.632. The number of carbonyl (C=O) groups is 2. The highest BCUT2D eigenvalue weighted by atomic mass is 35.5. The average molecular weight is 295 g/mol. The van der Waals surface area contributed by atoms with E-state index in [1.54, 1.807) is 6.07 Å². The third-order valence-corrected chi connectivity index (χ3v) is 3.34. The summed E-state index contributed by atoms with van der Waals surface area (Å²) in [4.78, 5) is 28.8. The molecule has 7 heteroatoms. The van der Waals surface area contributed by atoms with E-state index in [1.165, 1.54) is 12.1 Å². The molecule has 1 saturated heterocycles. The van der Waals surface area contributed by atoms with E-state index in [0.29, 0.717) is 29.6 Å². The van der Waals surface area contributed by atoms with E-state index in [4.69, 9.17) is 17.3 Å². The van der Waals surface area contributed by atoms with E-state index in [-0.39, 0.29) is 11.9 Å². The van der Waals surface area contributed by atoms with E-state index >= 15 is 0 Å². The normalized spacial score (nSPS) is 17.9. The maximum atomic E-state index is 11.4. The second-order valence-electron chi connectivity index (χ2n) is 4.51. The van der Waals surface area contributed by atoms with Crippen LogP contribution in [0.5, 0.6) is 0 Å². The van der Waals surface area contributed by atoms with Crippen molar-refractivity contribution in [3.8, 4) is 0 Å². The molecule has 2 heterocycles. The number of halogens is 1.